The molecule has 2 aromatic rings. The predicted molar refractivity (Wildman–Crippen MR) is 91.6 cm³/mol. The smallest absolute Gasteiger partial charge is 0.227 e. The summed E-state index contributed by atoms with van der Waals surface area (Å²) >= 11 is 12.2. The van der Waals surface area contributed by atoms with E-state index in [2.05, 4.69) is 26.8 Å². The first-order chi connectivity index (χ1) is 10.5. The van der Waals surface area contributed by atoms with Gasteiger partial charge in [-0.05, 0) is 19.2 Å². The summed E-state index contributed by atoms with van der Waals surface area (Å²) < 4.78 is 0. The van der Waals surface area contributed by atoms with Crippen LogP contribution in [0.1, 0.15) is 0 Å². The third kappa shape index (κ3) is 3.11. The van der Waals surface area contributed by atoms with Crippen molar-refractivity contribution in [2.24, 2.45) is 0 Å². The molecule has 22 heavy (non-hydrogen) atoms. The molecule has 0 saturated carbocycles. The van der Waals surface area contributed by atoms with Crippen molar-refractivity contribution in [2.45, 2.75) is 0 Å². The second-order valence-corrected chi connectivity index (χ2v) is 6.23. The highest BCUT2D eigenvalue weighted by Gasteiger charge is 2.18. The summed E-state index contributed by atoms with van der Waals surface area (Å²) in [5, 5.41) is 1.12. The largest absolute Gasteiger partial charge is 0.383 e. The molecule has 2 N–H and O–H groups in total. The van der Waals surface area contributed by atoms with Gasteiger partial charge in [-0.3, -0.25) is 0 Å². The molecule has 0 atom stereocenters. The van der Waals surface area contributed by atoms with Crippen molar-refractivity contribution in [2.75, 3.05) is 43.9 Å². The number of piperazine rings is 1. The van der Waals surface area contributed by atoms with E-state index >= 15 is 0 Å². The summed E-state index contributed by atoms with van der Waals surface area (Å²) in [7, 11) is 2.11. The number of halogens is 2. The Morgan fingerprint density at radius 2 is 1.82 bits per heavy atom. The van der Waals surface area contributed by atoms with Gasteiger partial charge in [-0.15, -0.1) is 0 Å². The molecule has 5 nitrogen and oxygen atoms in total. The van der Waals surface area contributed by atoms with Crippen LogP contribution in [0.25, 0.3) is 11.1 Å². The van der Waals surface area contributed by atoms with E-state index in [-0.39, 0.29) is 0 Å². The number of likely N-dealkylation sites (N-methyl/N-ethyl adjacent to an activating group) is 1. The Morgan fingerprint density at radius 3 is 2.45 bits per heavy atom. The molecular formula is C15H17Cl2N5. The van der Waals surface area contributed by atoms with Crippen LogP contribution in [0, 0.1) is 0 Å². The molecule has 0 aliphatic carbocycles. The molecule has 7 heteroatoms. The number of hydrogen-bond donors (Lipinski definition) is 1. The van der Waals surface area contributed by atoms with E-state index in [0.717, 1.165) is 37.3 Å². The van der Waals surface area contributed by atoms with E-state index in [0.29, 0.717) is 21.8 Å². The number of rotatable bonds is 2. The Hall–Kier alpha value is -1.56. The molecule has 1 fully saturated rings. The van der Waals surface area contributed by atoms with Crippen LogP contribution >= 0.6 is 23.2 Å². The maximum atomic E-state index is 6.23. The third-order valence-electron chi connectivity index (χ3n) is 3.81. The Labute approximate surface area is 139 Å². The maximum absolute atomic E-state index is 6.23. The molecule has 1 saturated heterocycles. The standard InChI is InChI=1S/C15H17Cl2N5/c1-21-4-6-22(7-5-21)15-19-9-12(14(18)20-15)11-3-2-10(16)8-13(11)17/h2-3,8-9H,4-7H2,1H3,(H2,18,19,20). The van der Waals surface area contributed by atoms with Gasteiger partial charge in [0.15, 0.2) is 0 Å². The van der Waals surface area contributed by atoms with Gasteiger partial charge in [0.1, 0.15) is 5.82 Å². The van der Waals surface area contributed by atoms with Gasteiger partial charge in [0.25, 0.3) is 0 Å². The van der Waals surface area contributed by atoms with Crippen LogP contribution in [0.2, 0.25) is 10.0 Å². The minimum absolute atomic E-state index is 0.424. The molecule has 3 rings (SSSR count). The first-order valence-electron chi connectivity index (χ1n) is 7.06. The zero-order valence-electron chi connectivity index (χ0n) is 12.3. The summed E-state index contributed by atoms with van der Waals surface area (Å²) in [6.45, 7) is 3.79. The summed E-state index contributed by atoms with van der Waals surface area (Å²) in [4.78, 5) is 13.3. The number of hydrogen-bond acceptors (Lipinski definition) is 5. The van der Waals surface area contributed by atoms with Crippen LogP contribution in [0.4, 0.5) is 11.8 Å². The van der Waals surface area contributed by atoms with E-state index in [9.17, 15) is 0 Å². The Kier molecular flexibility index (Phi) is 4.38. The lowest BCUT2D eigenvalue weighted by atomic mass is 10.1. The summed E-state index contributed by atoms with van der Waals surface area (Å²) in [6.07, 6.45) is 1.73. The van der Waals surface area contributed by atoms with Crippen LogP contribution < -0.4 is 10.6 Å². The van der Waals surface area contributed by atoms with E-state index in [1.165, 1.54) is 0 Å². The Bertz CT molecular complexity index is 684. The monoisotopic (exact) mass is 337 g/mol. The SMILES string of the molecule is CN1CCN(c2ncc(-c3ccc(Cl)cc3Cl)c(N)n2)CC1. The molecule has 116 valence electrons. The zero-order valence-corrected chi connectivity index (χ0v) is 13.8. The molecule has 0 spiro atoms. The molecule has 1 aromatic heterocycles. The number of nitrogen functional groups attached to an aromatic ring is 1. The second-order valence-electron chi connectivity index (χ2n) is 5.38. The molecule has 0 radical (unpaired) electrons. The molecule has 0 bridgehead atoms. The zero-order chi connectivity index (χ0) is 15.7. The van der Waals surface area contributed by atoms with Gasteiger partial charge in [-0.1, -0.05) is 29.3 Å². The highest BCUT2D eigenvalue weighted by Crippen LogP contribution is 2.33. The van der Waals surface area contributed by atoms with Crippen molar-refractivity contribution in [3.8, 4) is 11.1 Å². The van der Waals surface area contributed by atoms with Crippen molar-refractivity contribution in [1.82, 2.24) is 14.9 Å². The van der Waals surface area contributed by atoms with Gasteiger partial charge in [-0.2, -0.15) is 4.98 Å². The third-order valence-corrected chi connectivity index (χ3v) is 4.36. The van der Waals surface area contributed by atoms with Crippen molar-refractivity contribution in [3.05, 3.63) is 34.4 Å². The molecule has 2 heterocycles. The highest BCUT2D eigenvalue weighted by atomic mass is 35.5. The maximum Gasteiger partial charge on any atom is 0.227 e. The fraction of sp³-hybridized carbons (Fsp3) is 0.333. The van der Waals surface area contributed by atoms with Crippen LogP contribution in [0.15, 0.2) is 24.4 Å². The van der Waals surface area contributed by atoms with Crippen molar-refractivity contribution in [1.29, 1.82) is 0 Å². The van der Waals surface area contributed by atoms with Gasteiger partial charge in [-0.25, -0.2) is 4.98 Å². The van der Waals surface area contributed by atoms with Gasteiger partial charge >= 0.3 is 0 Å². The lowest BCUT2D eigenvalue weighted by molar-refractivity contribution is 0.311. The topological polar surface area (TPSA) is 58.3 Å². The fourth-order valence-electron chi connectivity index (χ4n) is 2.46. The Balaban J connectivity index is 1.89. The minimum atomic E-state index is 0.424. The average molecular weight is 338 g/mol. The molecule has 0 unspecified atom stereocenters. The molecule has 0 amide bonds. The van der Waals surface area contributed by atoms with Crippen LogP contribution in [0.3, 0.4) is 0 Å². The molecule has 1 aliphatic heterocycles. The van der Waals surface area contributed by atoms with E-state index in [1.807, 2.05) is 6.07 Å². The fourth-order valence-corrected chi connectivity index (χ4v) is 2.97. The lowest BCUT2D eigenvalue weighted by Crippen LogP contribution is -2.45. The predicted octanol–water partition coefficient (Wildman–Crippen LogP) is 2.78. The summed E-state index contributed by atoms with van der Waals surface area (Å²) in [5.41, 5.74) is 7.62. The quantitative estimate of drug-likeness (QED) is 0.912. The summed E-state index contributed by atoms with van der Waals surface area (Å²) in [5.74, 6) is 1.09. The second kappa shape index (κ2) is 6.28. The van der Waals surface area contributed by atoms with Gasteiger partial charge in [0, 0.05) is 48.5 Å². The van der Waals surface area contributed by atoms with Gasteiger partial charge in [0.05, 0.1) is 5.02 Å². The molecular weight excluding hydrogens is 321 g/mol. The number of anilines is 2. The molecule has 1 aromatic carbocycles. The summed E-state index contributed by atoms with van der Waals surface area (Å²) in [6, 6.07) is 5.29. The normalized spacial score (nSPS) is 16.0. The van der Waals surface area contributed by atoms with Crippen molar-refractivity contribution < 1.29 is 0 Å². The number of nitrogens with two attached hydrogens (primary N) is 1. The first kappa shape index (κ1) is 15.3. The lowest BCUT2D eigenvalue weighted by Gasteiger charge is -2.32. The van der Waals surface area contributed by atoms with Gasteiger partial charge in [0.2, 0.25) is 5.95 Å². The average Bonchev–Trinajstić information content (AvgIpc) is 2.49. The van der Waals surface area contributed by atoms with Crippen LogP contribution in [-0.2, 0) is 0 Å². The Morgan fingerprint density at radius 1 is 1.09 bits per heavy atom. The molecule has 1 aliphatic rings. The number of aromatic nitrogens is 2. The minimum Gasteiger partial charge on any atom is -0.383 e. The van der Waals surface area contributed by atoms with E-state index in [1.54, 1.807) is 18.3 Å². The van der Waals surface area contributed by atoms with Crippen LogP contribution in [0.5, 0.6) is 0 Å². The highest BCUT2D eigenvalue weighted by molar-refractivity contribution is 6.36. The van der Waals surface area contributed by atoms with E-state index < -0.39 is 0 Å². The number of benzene rings is 1. The van der Waals surface area contributed by atoms with E-state index in [4.69, 9.17) is 28.9 Å². The van der Waals surface area contributed by atoms with Gasteiger partial charge < -0.3 is 15.5 Å². The van der Waals surface area contributed by atoms with Crippen molar-refractivity contribution in [3.63, 3.8) is 0 Å². The first-order valence-corrected chi connectivity index (χ1v) is 7.81. The number of nitrogens with zero attached hydrogens (tertiary/aromatic N) is 4. The van der Waals surface area contributed by atoms with Crippen molar-refractivity contribution >= 4 is 35.0 Å². The van der Waals surface area contributed by atoms with Crippen LogP contribution in [-0.4, -0.2) is 48.1 Å².